The third kappa shape index (κ3) is 6.98. The highest BCUT2D eigenvalue weighted by Crippen LogP contribution is 2.13. The molecule has 1 amide bonds. The Kier molecular flexibility index (Phi) is 8.25. The molecule has 0 aliphatic carbocycles. The Morgan fingerprint density at radius 1 is 1.29 bits per heavy atom. The largest absolute Gasteiger partial charge is 0.497 e. The second-order valence-electron chi connectivity index (χ2n) is 5.27. The number of hydrogen-bond donors (Lipinski definition) is 1. The second kappa shape index (κ2) is 10.0. The average molecular weight is 289 g/mol. The summed E-state index contributed by atoms with van der Waals surface area (Å²) in [5.74, 6) is 1.38. The van der Waals surface area contributed by atoms with Crippen molar-refractivity contribution in [1.82, 2.24) is 5.32 Å². The Bertz CT molecular complexity index is 437. The highest BCUT2D eigenvalue weighted by Gasteiger charge is 2.06. The molecule has 21 heavy (non-hydrogen) atoms. The van der Waals surface area contributed by atoms with Gasteiger partial charge in [0.25, 0.3) is 0 Å². The van der Waals surface area contributed by atoms with Crippen molar-refractivity contribution in [3.05, 3.63) is 35.9 Å². The number of ether oxygens (including phenoxy) is 1. The minimum atomic E-state index is -0.0271. The van der Waals surface area contributed by atoms with Crippen molar-refractivity contribution in [3.8, 4) is 5.75 Å². The predicted octanol–water partition coefficient (Wildman–Crippen LogP) is 4.04. The van der Waals surface area contributed by atoms with Crippen LogP contribution in [0.4, 0.5) is 0 Å². The van der Waals surface area contributed by atoms with Gasteiger partial charge >= 0.3 is 0 Å². The molecule has 1 aromatic carbocycles. The molecule has 0 aromatic heterocycles. The van der Waals surface area contributed by atoms with Crippen LogP contribution in [0.25, 0.3) is 6.08 Å². The van der Waals surface area contributed by atoms with Crippen LogP contribution in [0.5, 0.6) is 5.75 Å². The molecule has 1 aromatic rings. The van der Waals surface area contributed by atoms with Gasteiger partial charge in [0.15, 0.2) is 0 Å². The van der Waals surface area contributed by atoms with E-state index in [9.17, 15) is 4.79 Å². The topological polar surface area (TPSA) is 38.3 Å². The van der Waals surface area contributed by atoms with Gasteiger partial charge in [-0.25, -0.2) is 0 Å². The molecule has 0 bridgehead atoms. The van der Waals surface area contributed by atoms with E-state index in [1.807, 2.05) is 30.3 Å². The molecule has 1 unspecified atom stereocenters. The summed E-state index contributed by atoms with van der Waals surface area (Å²) in [5.41, 5.74) is 0.990. The lowest BCUT2D eigenvalue weighted by Crippen LogP contribution is -2.27. The standard InChI is InChI=1S/C18H27NO2/c1-4-6-7-15(5-2)14-19-18(20)13-10-16-8-11-17(21-3)12-9-16/h8-13,15H,4-7,14H2,1-3H3,(H,19,20). The number of hydrogen-bond acceptors (Lipinski definition) is 2. The maximum Gasteiger partial charge on any atom is 0.244 e. The van der Waals surface area contributed by atoms with Crippen molar-refractivity contribution in [2.45, 2.75) is 39.5 Å². The summed E-state index contributed by atoms with van der Waals surface area (Å²) in [7, 11) is 1.64. The second-order valence-corrected chi connectivity index (χ2v) is 5.27. The molecular weight excluding hydrogens is 262 g/mol. The van der Waals surface area contributed by atoms with Gasteiger partial charge in [-0.15, -0.1) is 0 Å². The minimum absolute atomic E-state index is 0.0271. The zero-order chi connectivity index (χ0) is 15.5. The molecule has 1 rings (SSSR count). The monoisotopic (exact) mass is 289 g/mol. The number of amides is 1. The van der Waals surface area contributed by atoms with Crippen molar-refractivity contribution in [2.75, 3.05) is 13.7 Å². The molecule has 3 nitrogen and oxygen atoms in total. The summed E-state index contributed by atoms with van der Waals surface area (Å²) < 4.78 is 5.10. The summed E-state index contributed by atoms with van der Waals surface area (Å²) >= 11 is 0. The number of methoxy groups -OCH3 is 1. The molecule has 1 N–H and O–H groups in total. The Labute approximate surface area is 128 Å². The molecule has 116 valence electrons. The van der Waals surface area contributed by atoms with Crippen molar-refractivity contribution in [2.24, 2.45) is 5.92 Å². The minimum Gasteiger partial charge on any atom is -0.497 e. The van der Waals surface area contributed by atoms with Gasteiger partial charge in [-0.1, -0.05) is 45.2 Å². The fourth-order valence-corrected chi connectivity index (χ4v) is 2.13. The maximum absolute atomic E-state index is 11.8. The van der Waals surface area contributed by atoms with Crippen molar-refractivity contribution < 1.29 is 9.53 Å². The summed E-state index contributed by atoms with van der Waals surface area (Å²) in [4.78, 5) is 11.8. The third-order valence-electron chi connectivity index (χ3n) is 3.65. The number of unbranched alkanes of at least 4 members (excludes halogenated alkanes) is 1. The van der Waals surface area contributed by atoms with E-state index in [0.29, 0.717) is 5.92 Å². The molecule has 0 aliphatic rings. The van der Waals surface area contributed by atoms with Crippen LogP contribution in [0.15, 0.2) is 30.3 Å². The number of nitrogens with one attached hydrogen (secondary N) is 1. The normalized spacial score (nSPS) is 12.3. The number of carbonyl (C=O) groups excluding carboxylic acids is 1. The fraction of sp³-hybridized carbons (Fsp3) is 0.500. The number of carbonyl (C=O) groups is 1. The van der Waals surface area contributed by atoms with E-state index in [4.69, 9.17) is 4.74 Å². The van der Waals surface area contributed by atoms with Crippen LogP contribution in [-0.2, 0) is 4.79 Å². The fourth-order valence-electron chi connectivity index (χ4n) is 2.13. The van der Waals surface area contributed by atoms with E-state index in [2.05, 4.69) is 19.2 Å². The lowest BCUT2D eigenvalue weighted by atomic mass is 9.99. The number of benzene rings is 1. The lowest BCUT2D eigenvalue weighted by Gasteiger charge is -2.14. The molecule has 0 spiro atoms. The van der Waals surface area contributed by atoms with Crippen LogP contribution in [0.2, 0.25) is 0 Å². The van der Waals surface area contributed by atoms with E-state index in [1.54, 1.807) is 13.2 Å². The summed E-state index contributed by atoms with van der Waals surface area (Å²) in [5, 5.41) is 2.98. The Morgan fingerprint density at radius 3 is 2.57 bits per heavy atom. The maximum atomic E-state index is 11.8. The lowest BCUT2D eigenvalue weighted by molar-refractivity contribution is -0.116. The van der Waals surface area contributed by atoms with Crippen LogP contribution in [0.1, 0.15) is 45.1 Å². The van der Waals surface area contributed by atoms with Crippen molar-refractivity contribution in [1.29, 1.82) is 0 Å². The van der Waals surface area contributed by atoms with E-state index < -0.39 is 0 Å². The molecule has 0 heterocycles. The highest BCUT2D eigenvalue weighted by atomic mass is 16.5. The van der Waals surface area contributed by atoms with Gasteiger partial charge < -0.3 is 10.1 Å². The molecule has 0 radical (unpaired) electrons. The quantitative estimate of drug-likeness (QED) is 0.697. The van der Waals surface area contributed by atoms with Crippen molar-refractivity contribution in [3.63, 3.8) is 0 Å². The molecule has 0 saturated carbocycles. The summed E-state index contributed by atoms with van der Waals surface area (Å²) in [6.07, 6.45) is 8.16. The first-order valence-electron chi connectivity index (χ1n) is 7.79. The van der Waals surface area contributed by atoms with Gasteiger partial charge in [0.1, 0.15) is 5.75 Å². The van der Waals surface area contributed by atoms with E-state index in [-0.39, 0.29) is 5.91 Å². The van der Waals surface area contributed by atoms with Gasteiger partial charge in [-0.2, -0.15) is 0 Å². The summed E-state index contributed by atoms with van der Waals surface area (Å²) in [6, 6.07) is 7.63. The Morgan fingerprint density at radius 2 is 2.00 bits per heavy atom. The first-order valence-corrected chi connectivity index (χ1v) is 7.79. The van der Waals surface area contributed by atoms with Crippen molar-refractivity contribution >= 4 is 12.0 Å². The zero-order valence-corrected chi connectivity index (χ0v) is 13.4. The summed E-state index contributed by atoms with van der Waals surface area (Å²) in [6.45, 7) is 5.14. The SMILES string of the molecule is CCCCC(CC)CNC(=O)C=Cc1ccc(OC)cc1. The molecule has 3 heteroatoms. The van der Waals surface area contributed by atoms with Crippen LogP contribution in [0.3, 0.4) is 0 Å². The third-order valence-corrected chi connectivity index (χ3v) is 3.65. The molecule has 0 fully saturated rings. The Balaban J connectivity index is 2.39. The first kappa shape index (κ1) is 17.3. The van der Waals surface area contributed by atoms with Gasteiger partial charge in [-0.05, 0) is 36.1 Å². The van der Waals surface area contributed by atoms with E-state index in [1.165, 1.54) is 19.3 Å². The van der Waals surface area contributed by atoms with Gasteiger partial charge in [0.2, 0.25) is 5.91 Å². The average Bonchev–Trinajstić information content (AvgIpc) is 2.53. The molecule has 1 atom stereocenters. The molecule has 0 saturated heterocycles. The Hall–Kier alpha value is -1.77. The van der Waals surface area contributed by atoms with E-state index >= 15 is 0 Å². The van der Waals surface area contributed by atoms with Crippen LogP contribution >= 0.6 is 0 Å². The number of rotatable bonds is 9. The van der Waals surface area contributed by atoms with Crippen LogP contribution < -0.4 is 10.1 Å². The zero-order valence-electron chi connectivity index (χ0n) is 13.4. The van der Waals surface area contributed by atoms with Crippen LogP contribution in [-0.4, -0.2) is 19.6 Å². The van der Waals surface area contributed by atoms with Crippen LogP contribution in [0, 0.1) is 5.92 Å². The smallest absolute Gasteiger partial charge is 0.244 e. The van der Waals surface area contributed by atoms with Gasteiger partial charge in [0, 0.05) is 12.6 Å². The van der Waals surface area contributed by atoms with Gasteiger partial charge in [0.05, 0.1) is 7.11 Å². The molecular formula is C18H27NO2. The molecule has 0 aliphatic heterocycles. The highest BCUT2D eigenvalue weighted by molar-refractivity contribution is 5.91. The predicted molar refractivity (Wildman–Crippen MR) is 88.3 cm³/mol. The van der Waals surface area contributed by atoms with E-state index in [0.717, 1.165) is 24.3 Å². The van der Waals surface area contributed by atoms with Gasteiger partial charge in [-0.3, -0.25) is 4.79 Å². The first-order chi connectivity index (χ1) is 10.2.